The van der Waals surface area contributed by atoms with Crippen LogP contribution in [0.4, 0.5) is 4.39 Å². The monoisotopic (exact) mass is 684 g/mol. The van der Waals surface area contributed by atoms with Gasteiger partial charge in [-0.15, -0.1) is 0 Å². The van der Waals surface area contributed by atoms with Crippen LogP contribution in [0.1, 0.15) is 28.6 Å². The standard InChI is InChI=1S/C25H19FI2N2O4/c1-2-32-19-7-8-22-17(11-19)12-23(34-22)25(31)30-29-13-16-9-20(27)24(21(28)10-16)33-14-15-3-5-18(26)6-4-15/h3-13H,2,14H2,1H3,(H,30,31)/b29-13+. The van der Waals surface area contributed by atoms with Crippen LogP contribution in [0.15, 0.2) is 70.2 Å². The SMILES string of the molecule is CCOc1ccc2oc(C(=O)N/N=C/c3cc(I)c(OCc4ccc(F)cc4)c(I)c3)cc2c1. The summed E-state index contributed by atoms with van der Waals surface area (Å²) < 4.78 is 31.9. The van der Waals surface area contributed by atoms with E-state index < -0.39 is 5.91 Å². The second kappa shape index (κ2) is 11.2. The Morgan fingerprint density at radius 2 is 1.79 bits per heavy atom. The van der Waals surface area contributed by atoms with E-state index in [0.29, 0.717) is 18.8 Å². The highest BCUT2D eigenvalue weighted by Crippen LogP contribution is 2.29. The zero-order valence-electron chi connectivity index (χ0n) is 18.0. The molecule has 1 N–H and O–H groups in total. The lowest BCUT2D eigenvalue weighted by Crippen LogP contribution is -2.16. The summed E-state index contributed by atoms with van der Waals surface area (Å²) in [6.45, 7) is 2.80. The number of furan rings is 1. The van der Waals surface area contributed by atoms with Crippen molar-refractivity contribution >= 4 is 68.3 Å². The summed E-state index contributed by atoms with van der Waals surface area (Å²) in [6, 6.07) is 17.0. The Hall–Kier alpha value is -2.67. The van der Waals surface area contributed by atoms with Gasteiger partial charge in [0.1, 0.15) is 29.5 Å². The molecule has 0 radical (unpaired) electrons. The second-order valence-electron chi connectivity index (χ2n) is 7.17. The summed E-state index contributed by atoms with van der Waals surface area (Å²) in [5.74, 6) is 0.888. The maximum atomic E-state index is 13.1. The summed E-state index contributed by atoms with van der Waals surface area (Å²) in [5, 5.41) is 4.83. The van der Waals surface area contributed by atoms with Gasteiger partial charge in [-0.3, -0.25) is 4.79 Å². The number of hydrogen-bond donors (Lipinski definition) is 1. The van der Waals surface area contributed by atoms with Gasteiger partial charge < -0.3 is 13.9 Å². The molecule has 0 aliphatic heterocycles. The second-order valence-corrected chi connectivity index (χ2v) is 9.50. The number of hydrogen-bond acceptors (Lipinski definition) is 5. The van der Waals surface area contributed by atoms with Crippen LogP contribution in [-0.4, -0.2) is 18.7 Å². The lowest BCUT2D eigenvalue weighted by molar-refractivity contribution is 0.0929. The fraction of sp³-hybridized carbons (Fsp3) is 0.120. The maximum absolute atomic E-state index is 13.1. The largest absolute Gasteiger partial charge is 0.494 e. The smallest absolute Gasteiger partial charge is 0.307 e. The third kappa shape index (κ3) is 6.06. The van der Waals surface area contributed by atoms with Gasteiger partial charge in [0.15, 0.2) is 5.76 Å². The molecule has 1 heterocycles. The molecule has 0 aliphatic rings. The number of nitrogens with zero attached hydrogens (tertiary/aromatic N) is 1. The number of nitrogens with one attached hydrogen (secondary N) is 1. The van der Waals surface area contributed by atoms with Crippen LogP contribution < -0.4 is 14.9 Å². The molecule has 174 valence electrons. The minimum absolute atomic E-state index is 0.162. The van der Waals surface area contributed by atoms with Crippen molar-refractivity contribution in [1.29, 1.82) is 0 Å². The van der Waals surface area contributed by atoms with Crippen LogP contribution in [-0.2, 0) is 6.61 Å². The van der Waals surface area contributed by atoms with Crippen molar-refractivity contribution in [3.05, 3.63) is 90.5 Å². The van der Waals surface area contributed by atoms with Gasteiger partial charge in [0, 0.05) is 5.39 Å². The molecule has 1 amide bonds. The molecular formula is C25H19FI2N2O4. The molecule has 1 aromatic heterocycles. The first kappa shape index (κ1) is 24.5. The van der Waals surface area contributed by atoms with E-state index in [1.807, 2.05) is 25.1 Å². The third-order valence-electron chi connectivity index (χ3n) is 4.72. The fourth-order valence-corrected chi connectivity index (χ4v) is 5.27. The quantitative estimate of drug-likeness (QED) is 0.130. The summed E-state index contributed by atoms with van der Waals surface area (Å²) in [5.41, 5.74) is 4.76. The van der Waals surface area contributed by atoms with Gasteiger partial charge in [-0.05, 0) is 112 Å². The summed E-state index contributed by atoms with van der Waals surface area (Å²) in [7, 11) is 0. The molecule has 4 aromatic rings. The Balaban J connectivity index is 1.39. The number of hydrazone groups is 1. The van der Waals surface area contributed by atoms with Crippen molar-refractivity contribution in [2.45, 2.75) is 13.5 Å². The number of amides is 1. The summed E-state index contributed by atoms with van der Waals surface area (Å²) in [6.07, 6.45) is 1.56. The molecule has 0 unspecified atom stereocenters. The minimum Gasteiger partial charge on any atom is -0.494 e. The Morgan fingerprint density at radius 1 is 1.06 bits per heavy atom. The van der Waals surface area contributed by atoms with Crippen LogP contribution in [0.25, 0.3) is 11.0 Å². The van der Waals surface area contributed by atoms with E-state index in [1.165, 1.54) is 12.1 Å². The molecule has 0 fully saturated rings. The first-order valence-electron chi connectivity index (χ1n) is 10.3. The fourth-order valence-electron chi connectivity index (χ4n) is 3.14. The highest BCUT2D eigenvalue weighted by Gasteiger charge is 2.13. The molecule has 0 saturated carbocycles. The number of ether oxygens (including phenoxy) is 2. The van der Waals surface area contributed by atoms with Crippen molar-refractivity contribution in [3.63, 3.8) is 0 Å². The van der Waals surface area contributed by atoms with Gasteiger partial charge in [-0.1, -0.05) is 12.1 Å². The number of rotatable bonds is 8. The first-order chi connectivity index (χ1) is 16.4. The molecule has 6 nitrogen and oxygen atoms in total. The first-order valence-corrected chi connectivity index (χ1v) is 12.4. The van der Waals surface area contributed by atoms with Crippen molar-refractivity contribution in [2.24, 2.45) is 5.10 Å². The Bertz CT molecular complexity index is 1330. The lowest BCUT2D eigenvalue weighted by Gasteiger charge is -2.11. The van der Waals surface area contributed by atoms with Crippen LogP contribution in [0, 0.1) is 13.0 Å². The van der Waals surface area contributed by atoms with E-state index in [0.717, 1.165) is 35.2 Å². The van der Waals surface area contributed by atoms with Crippen LogP contribution in [0.3, 0.4) is 0 Å². The zero-order valence-corrected chi connectivity index (χ0v) is 22.3. The number of carbonyl (C=O) groups excluding carboxylic acids is 1. The number of carbonyl (C=O) groups is 1. The van der Waals surface area contributed by atoms with Crippen LogP contribution in [0.2, 0.25) is 0 Å². The van der Waals surface area contributed by atoms with Gasteiger partial charge in [-0.25, -0.2) is 9.82 Å². The summed E-state index contributed by atoms with van der Waals surface area (Å²) >= 11 is 4.37. The van der Waals surface area contributed by atoms with Crippen molar-refractivity contribution < 1.29 is 23.1 Å². The molecule has 34 heavy (non-hydrogen) atoms. The lowest BCUT2D eigenvalue weighted by atomic mass is 10.2. The van der Waals surface area contributed by atoms with Gasteiger partial charge >= 0.3 is 5.91 Å². The minimum atomic E-state index is -0.450. The summed E-state index contributed by atoms with van der Waals surface area (Å²) in [4.78, 5) is 12.4. The van der Waals surface area contributed by atoms with Crippen LogP contribution >= 0.6 is 45.2 Å². The maximum Gasteiger partial charge on any atom is 0.307 e. The highest BCUT2D eigenvalue weighted by atomic mass is 127. The van der Waals surface area contributed by atoms with E-state index in [9.17, 15) is 9.18 Å². The van der Waals surface area contributed by atoms with E-state index in [-0.39, 0.29) is 11.6 Å². The third-order valence-corrected chi connectivity index (χ3v) is 6.32. The van der Waals surface area contributed by atoms with Crippen molar-refractivity contribution in [2.75, 3.05) is 6.61 Å². The van der Waals surface area contributed by atoms with Gasteiger partial charge in [0.05, 0.1) is 20.0 Å². The molecule has 0 atom stereocenters. The van der Waals surface area contributed by atoms with Gasteiger partial charge in [0.2, 0.25) is 0 Å². The van der Waals surface area contributed by atoms with Gasteiger partial charge in [0.25, 0.3) is 0 Å². The number of fused-ring (bicyclic) bond motifs is 1. The average Bonchev–Trinajstić information content (AvgIpc) is 3.23. The Morgan fingerprint density at radius 3 is 2.50 bits per heavy atom. The molecule has 9 heteroatoms. The topological polar surface area (TPSA) is 73.1 Å². The molecule has 0 bridgehead atoms. The predicted octanol–water partition coefficient (Wildman–Crippen LogP) is 6.52. The number of halogens is 3. The zero-order chi connectivity index (χ0) is 24.1. The molecule has 3 aromatic carbocycles. The number of benzene rings is 3. The van der Waals surface area contributed by atoms with Gasteiger partial charge in [-0.2, -0.15) is 5.10 Å². The molecule has 0 saturated heterocycles. The molecule has 0 spiro atoms. The Labute approximate surface area is 222 Å². The predicted molar refractivity (Wildman–Crippen MR) is 145 cm³/mol. The van der Waals surface area contributed by atoms with E-state index >= 15 is 0 Å². The van der Waals surface area contributed by atoms with Crippen molar-refractivity contribution in [3.8, 4) is 11.5 Å². The molecular weight excluding hydrogens is 665 g/mol. The normalized spacial score (nSPS) is 11.2. The van der Waals surface area contributed by atoms with E-state index in [2.05, 4.69) is 55.7 Å². The van der Waals surface area contributed by atoms with Crippen molar-refractivity contribution in [1.82, 2.24) is 5.43 Å². The molecule has 0 aliphatic carbocycles. The highest BCUT2D eigenvalue weighted by molar-refractivity contribution is 14.1. The van der Waals surface area contributed by atoms with Crippen LogP contribution in [0.5, 0.6) is 11.5 Å². The van der Waals surface area contributed by atoms with E-state index in [4.69, 9.17) is 13.9 Å². The van der Waals surface area contributed by atoms with E-state index in [1.54, 1.807) is 36.5 Å². The Kier molecular flexibility index (Phi) is 8.03. The average molecular weight is 684 g/mol. The molecule has 4 rings (SSSR count).